The van der Waals surface area contributed by atoms with Crippen molar-refractivity contribution in [1.29, 1.82) is 0 Å². The van der Waals surface area contributed by atoms with Crippen LogP contribution in [0.25, 0.3) is 0 Å². The summed E-state index contributed by atoms with van der Waals surface area (Å²) in [6.45, 7) is 7.83. The van der Waals surface area contributed by atoms with Gasteiger partial charge in [0.25, 0.3) is 0 Å². The largest absolute Gasteiger partial charge is 0.489 e. The van der Waals surface area contributed by atoms with Crippen molar-refractivity contribution < 1.29 is 14.6 Å². The summed E-state index contributed by atoms with van der Waals surface area (Å²) in [4.78, 5) is 12.8. The Morgan fingerprint density at radius 3 is 2.59 bits per heavy atom. The Bertz CT molecular complexity index is 535. The SMILES string of the molecule is Cc1cc(N)c(OC(C)C)cc1C1CCN(CC(=O)O)CC1. The fourth-order valence-corrected chi connectivity index (χ4v) is 3.12. The zero-order chi connectivity index (χ0) is 16.3. The molecule has 0 aromatic heterocycles. The Kier molecular flexibility index (Phi) is 5.29. The summed E-state index contributed by atoms with van der Waals surface area (Å²) in [5, 5.41) is 8.87. The van der Waals surface area contributed by atoms with Crippen molar-refractivity contribution in [2.24, 2.45) is 0 Å². The van der Waals surface area contributed by atoms with Crippen LogP contribution in [-0.2, 0) is 4.79 Å². The van der Waals surface area contributed by atoms with Gasteiger partial charge in [0.1, 0.15) is 5.75 Å². The number of nitrogens with two attached hydrogens (primary N) is 1. The highest BCUT2D eigenvalue weighted by Gasteiger charge is 2.24. The van der Waals surface area contributed by atoms with E-state index >= 15 is 0 Å². The van der Waals surface area contributed by atoms with E-state index in [9.17, 15) is 4.79 Å². The lowest BCUT2D eigenvalue weighted by Gasteiger charge is -2.32. The van der Waals surface area contributed by atoms with Gasteiger partial charge >= 0.3 is 5.97 Å². The summed E-state index contributed by atoms with van der Waals surface area (Å²) < 4.78 is 5.79. The zero-order valence-electron chi connectivity index (χ0n) is 13.6. The highest BCUT2D eigenvalue weighted by Crippen LogP contribution is 2.35. The molecule has 0 saturated carbocycles. The van der Waals surface area contributed by atoms with Crippen LogP contribution in [0, 0.1) is 6.92 Å². The minimum atomic E-state index is -0.755. The first-order valence-corrected chi connectivity index (χ1v) is 7.87. The lowest BCUT2D eigenvalue weighted by atomic mass is 9.86. The van der Waals surface area contributed by atoms with Crippen molar-refractivity contribution in [3.8, 4) is 5.75 Å². The van der Waals surface area contributed by atoms with E-state index in [0.29, 0.717) is 11.6 Å². The molecule has 1 heterocycles. The third-order valence-electron chi connectivity index (χ3n) is 4.15. The molecule has 1 saturated heterocycles. The molecule has 1 aromatic carbocycles. The number of likely N-dealkylation sites (tertiary alicyclic amines) is 1. The van der Waals surface area contributed by atoms with Crippen LogP contribution in [0.3, 0.4) is 0 Å². The van der Waals surface area contributed by atoms with Gasteiger partial charge in [0.05, 0.1) is 18.3 Å². The lowest BCUT2D eigenvalue weighted by molar-refractivity contribution is -0.138. The van der Waals surface area contributed by atoms with Crippen LogP contribution in [0.15, 0.2) is 12.1 Å². The van der Waals surface area contributed by atoms with Crippen LogP contribution in [0.2, 0.25) is 0 Å². The summed E-state index contributed by atoms with van der Waals surface area (Å²) in [6.07, 6.45) is 2.04. The van der Waals surface area contributed by atoms with Crippen LogP contribution in [-0.4, -0.2) is 41.7 Å². The van der Waals surface area contributed by atoms with Crippen LogP contribution in [0.1, 0.15) is 43.7 Å². The molecule has 0 radical (unpaired) electrons. The normalized spacial score (nSPS) is 16.9. The lowest BCUT2D eigenvalue weighted by Crippen LogP contribution is -2.36. The molecule has 0 spiro atoms. The number of nitrogens with zero attached hydrogens (tertiary/aromatic N) is 1. The van der Waals surface area contributed by atoms with Gasteiger partial charge in [0.15, 0.2) is 0 Å². The summed E-state index contributed by atoms with van der Waals surface area (Å²) in [5.41, 5.74) is 9.19. The maximum Gasteiger partial charge on any atom is 0.317 e. The maximum absolute atomic E-state index is 10.8. The van der Waals surface area contributed by atoms with Crippen molar-refractivity contribution in [1.82, 2.24) is 4.90 Å². The number of hydrogen-bond donors (Lipinski definition) is 2. The number of rotatable bonds is 5. The predicted octanol–water partition coefficient (Wildman–Crippen LogP) is 2.63. The van der Waals surface area contributed by atoms with E-state index in [2.05, 4.69) is 13.0 Å². The minimum Gasteiger partial charge on any atom is -0.489 e. The summed E-state index contributed by atoms with van der Waals surface area (Å²) in [6, 6.07) is 4.05. The van der Waals surface area contributed by atoms with Crippen LogP contribution in [0.4, 0.5) is 5.69 Å². The van der Waals surface area contributed by atoms with Crippen LogP contribution in [0.5, 0.6) is 5.75 Å². The van der Waals surface area contributed by atoms with Gasteiger partial charge in [-0.1, -0.05) is 0 Å². The number of ether oxygens (including phenoxy) is 1. The van der Waals surface area contributed by atoms with E-state index in [1.165, 1.54) is 11.1 Å². The first-order chi connectivity index (χ1) is 10.4. The highest BCUT2D eigenvalue weighted by molar-refractivity contribution is 5.69. The van der Waals surface area contributed by atoms with Gasteiger partial charge in [0, 0.05) is 0 Å². The highest BCUT2D eigenvalue weighted by atomic mass is 16.5. The molecule has 1 aromatic rings. The topological polar surface area (TPSA) is 75.8 Å². The quantitative estimate of drug-likeness (QED) is 0.818. The number of hydrogen-bond acceptors (Lipinski definition) is 4. The third-order valence-corrected chi connectivity index (χ3v) is 4.15. The van der Waals surface area contributed by atoms with Gasteiger partial charge in [-0.2, -0.15) is 0 Å². The Balaban J connectivity index is 2.11. The van der Waals surface area contributed by atoms with E-state index in [1.807, 2.05) is 24.8 Å². The Morgan fingerprint density at radius 2 is 2.05 bits per heavy atom. The molecule has 3 N–H and O–H groups in total. The molecule has 0 unspecified atom stereocenters. The first-order valence-electron chi connectivity index (χ1n) is 7.87. The number of carboxylic acid groups (broad SMARTS) is 1. The number of aliphatic carboxylic acids is 1. The van der Waals surface area contributed by atoms with Gasteiger partial charge < -0.3 is 15.6 Å². The van der Waals surface area contributed by atoms with Crippen molar-refractivity contribution >= 4 is 11.7 Å². The van der Waals surface area contributed by atoms with Gasteiger partial charge in [-0.25, -0.2) is 0 Å². The molecule has 0 atom stereocenters. The Hall–Kier alpha value is -1.75. The molecule has 22 heavy (non-hydrogen) atoms. The summed E-state index contributed by atoms with van der Waals surface area (Å²) >= 11 is 0. The fraction of sp³-hybridized carbons (Fsp3) is 0.588. The molecule has 0 aliphatic carbocycles. The van der Waals surface area contributed by atoms with E-state index < -0.39 is 5.97 Å². The van der Waals surface area contributed by atoms with Crippen molar-refractivity contribution in [3.05, 3.63) is 23.3 Å². The molecule has 5 heteroatoms. The van der Waals surface area contributed by atoms with E-state index in [0.717, 1.165) is 31.7 Å². The number of carbonyl (C=O) groups is 1. The second kappa shape index (κ2) is 7.01. The van der Waals surface area contributed by atoms with Gasteiger partial charge in [-0.05, 0) is 75.9 Å². The average molecular weight is 306 g/mol. The van der Waals surface area contributed by atoms with Crippen LogP contribution < -0.4 is 10.5 Å². The molecule has 5 nitrogen and oxygen atoms in total. The Morgan fingerprint density at radius 1 is 1.41 bits per heavy atom. The number of piperidine rings is 1. The third kappa shape index (κ3) is 4.13. The van der Waals surface area contributed by atoms with Crippen LogP contribution >= 0.6 is 0 Å². The van der Waals surface area contributed by atoms with Gasteiger partial charge in [-0.3, -0.25) is 9.69 Å². The standard InChI is InChI=1S/C17H26N2O3/c1-11(2)22-16-9-14(12(3)8-15(16)18)13-4-6-19(7-5-13)10-17(20)21/h8-9,11,13H,4-7,10,18H2,1-3H3,(H,20,21). The molecule has 0 bridgehead atoms. The first kappa shape index (κ1) is 16.6. The molecular formula is C17H26N2O3. The Labute approximate surface area is 132 Å². The second-order valence-corrected chi connectivity index (χ2v) is 6.36. The van der Waals surface area contributed by atoms with Gasteiger partial charge in [-0.15, -0.1) is 0 Å². The maximum atomic E-state index is 10.8. The molecule has 2 rings (SSSR count). The number of nitrogen functional groups attached to an aromatic ring is 1. The smallest absolute Gasteiger partial charge is 0.317 e. The van der Waals surface area contributed by atoms with E-state index in [1.54, 1.807) is 0 Å². The summed E-state index contributed by atoms with van der Waals surface area (Å²) in [7, 11) is 0. The number of carboxylic acids is 1. The molecule has 1 aliphatic heterocycles. The average Bonchev–Trinajstić information content (AvgIpc) is 2.42. The van der Waals surface area contributed by atoms with Gasteiger partial charge in [0.2, 0.25) is 0 Å². The molecule has 1 aliphatic rings. The van der Waals surface area contributed by atoms with E-state index in [4.69, 9.17) is 15.6 Å². The minimum absolute atomic E-state index is 0.0928. The van der Waals surface area contributed by atoms with Crippen molar-refractivity contribution in [3.63, 3.8) is 0 Å². The predicted molar refractivity (Wildman–Crippen MR) is 87.4 cm³/mol. The van der Waals surface area contributed by atoms with Crippen molar-refractivity contribution in [2.45, 2.75) is 45.6 Å². The molecular weight excluding hydrogens is 280 g/mol. The fourth-order valence-electron chi connectivity index (χ4n) is 3.12. The molecule has 1 fully saturated rings. The molecule has 0 amide bonds. The second-order valence-electron chi connectivity index (χ2n) is 6.36. The zero-order valence-corrected chi connectivity index (χ0v) is 13.6. The number of benzene rings is 1. The summed E-state index contributed by atoms with van der Waals surface area (Å²) in [5.74, 6) is 0.443. The number of aryl methyl sites for hydroxylation is 1. The van der Waals surface area contributed by atoms with E-state index in [-0.39, 0.29) is 12.6 Å². The monoisotopic (exact) mass is 306 g/mol. The number of anilines is 1. The van der Waals surface area contributed by atoms with Crippen molar-refractivity contribution in [2.75, 3.05) is 25.4 Å². The molecule has 122 valence electrons.